The number of rotatable bonds is 8. The summed E-state index contributed by atoms with van der Waals surface area (Å²) in [5, 5.41) is 0. The van der Waals surface area contributed by atoms with Crippen molar-refractivity contribution in [2.75, 3.05) is 11.5 Å². The van der Waals surface area contributed by atoms with Gasteiger partial charge in [-0.15, -0.1) is 0 Å². The highest BCUT2D eigenvalue weighted by Crippen LogP contribution is 2.39. The van der Waals surface area contributed by atoms with E-state index in [0.29, 0.717) is 11.4 Å². The summed E-state index contributed by atoms with van der Waals surface area (Å²) in [6.45, 7) is 0. The second kappa shape index (κ2) is 14.9. The second-order valence-corrected chi connectivity index (χ2v) is 13.3. The van der Waals surface area contributed by atoms with Gasteiger partial charge in [-0.3, -0.25) is 19.9 Å². The first-order valence-electron chi connectivity index (χ1n) is 18.2. The van der Waals surface area contributed by atoms with Crippen LogP contribution in [0.5, 0.6) is 0 Å². The summed E-state index contributed by atoms with van der Waals surface area (Å²) in [6.07, 6.45) is 7.11. The summed E-state index contributed by atoms with van der Waals surface area (Å²) in [5.41, 5.74) is 28.3. The minimum Gasteiger partial charge on any atom is -0.397 e. The fraction of sp³-hybridized carbons (Fsp3) is 0. The van der Waals surface area contributed by atoms with Gasteiger partial charge in [-0.25, -0.2) is 9.97 Å². The summed E-state index contributed by atoms with van der Waals surface area (Å²) < 4.78 is 0. The fourth-order valence-corrected chi connectivity index (χ4v) is 6.77. The zero-order chi connectivity index (χ0) is 37.8. The number of aromatic nitrogens is 6. The minimum absolute atomic E-state index is 0.527. The number of nitrogen functional groups attached to an aromatic ring is 2. The molecule has 0 amide bonds. The number of nitrogens with zero attached hydrogens (tertiary/aromatic N) is 6. The van der Waals surface area contributed by atoms with E-state index in [0.717, 1.165) is 90.1 Å². The molecule has 6 aromatic heterocycles. The largest absolute Gasteiger partial charge is 0.397 e. The van der Waals surface area contributed by atoms with Crippen LogP contribution in [0, 0.1) is 0 Å². The van der Waals surface area contributed by atoms with E-state index in [1.165, 1.54) is 0 Å². The van der Waals surface area contributed by atoms with Crippen molar-refractivity contribution in [3.8, 4) is 90.1 Å². The van der Waals surface area contributed by atoms with Crippen molar-refractivity contribution in [3.05, 3.63) is 183 Å². The number of hydrogen-bond acceptors (Lipinski definition) is 8. The lowest BCUT2D eigenvalue weighted by molar-refractivity contribution is 1.22. The van der Waals surface area contributed by atoms with Crippen LogP contribution in [0.15, 0.2) is 183 Å². The van der Waals surface area contributed by atoms with Gasteiger partial charge in [-0.1, -0.05) is 72.8 Å². The van der Waals surface area contributed by atoms with E-state index in [2.05, 4.69) is 92.7 Å². The van der Waals surface area contributed by atoms with E-state index in [1.807, 2.05) is 84.9 Å². The molecule has 9 aromatic rings. The highest BCUT2D eigenvalue weighted by atomic mass is 14.8. The van der Waals surface area contributed by atoms with Gasteiger partial charge in [0, 0.05) is 24.8 Å². The van der Waals surface area contributed by atoms with Gasteiger partial charge in [0.05, 0.1) is 56.9 Å². The van der Waals surface area contributed by atoms with Crippen LogP contribution < -0.4 is 11.5 Å². The Hall–Kier alpha value is -7.84. The third-order valence-corrected chi connectivity index (χ3v) is 9.64. The van der Waals surface area contributed by atoms with E-state index in [4.69, 9.17) is 21.4 Å². The highest BCUT2D eigenvalue weighted by molar-refractivity contribution is 5.91. The van der Waals surface area contributed by atoms with Gasteiger partial charge in [0.15, 0.2) is 0 Å². The molecule has 0 aliphatic rings. The van der Waals surface area contributed by atoms with Crippen LogP contribution in [0.25, 0.3) is 90.1 Å². The second-order valence-electron chi connectivity index (χ2n) is 13.3. The van der Waals surface area contributed by atoms with Gasteiger partial charge in [-0.2, -0.15) is 0 Å². The van der Waals surface area contributed by atoms with Crippen molar-refractivity contribution in [2.24, 2.45) is 0 Å². The molecule has 9 rings (SSSR count). The summed E-state index contributed by atoms with van der Waals surface area (Å²) in [7, 11) is 0. The van der Waals surface area contributed by atoms with Gasteiger partial charge >= 0.3 is 0 Å². The van der Waals surface area contributed by atoms with Crippen LogP contribution in [-0.4, -0.2) is 29.9 Å². The van der Waals surface area contributed by atoms with Crippen LogP contribution in [-0.2, 0) is 0 Å². The van der Waals surface area contributed by atoms with Gasteiger partial charge in [0.25, 0.3) is 0 Å². The van der Waals surface area contributed by atoms with Crippen molar-refractivity contribution in [1.82, 2.24) is 29.9 Å². The molecule has 0 atom stereocenters. The summed E-state index contributed by atoms with van der Waals surface area (Å²) >= 11 is 0. The van der Waals surface area contributed by atoms with Crippen LogP contribution in [0.3, 0.4) is 0 Å². The molecular formula is C48H34N8. The zero-order valence-corrected chi connectivity index (χ0v) is 30.2. The molecule has 0 aliphatic heterocycles. The zero-order valence-electron chi connectivity index (χ0n) is 30.2. The Kier molecular flexibility index (Phi) is 9.03. The lowest BCUT2D eigenvalue weighted by atomic mass is 9.91. The Labute approximate surface area is 324 Å². The van der Waals surface area contributed by atoms with E-state index in [-0.39, 0.29) is 0 Å². The molecule has 8 nitrogen and oxygen atoms in total. The predicted octanol–water partition coefficient (Wildman–Crippen LogP) is 10.6. The first-order chi connectivity index (χ1) is 27.6. The van der Waals surface area contributed by atoms with Crippen LogP contribution in [0.4, 0.5) is 11.4 Å². The first-order valence-corrected chi connectivity index (χ1v) is 18.2. The molecule has 0 unspecified atom stereocenters. The monoisotopic (exact) mass is 722 g/mol. The van der Waals surface area contributed by atoms with Gasteiger partial charge < -0.3 is 11.5 Å². The van der Waals surface area contributed by atoms with Crippen molar-refractivity contribution < 1.29 is 0 Å². The molecule has 8 heteroatoms. The van der Waals surface area contributed by atoms with E-state index < -0.39 is 0 Å². The molecule has 4 N–H and O–H groups in total. The van der Waals surface area contributed by atoms with E-state index >= 15 is 0 Å². The SMILES string of the molecule is Nc1cc(-c2ccc(-c3cc(-c4ccccn4)nc(-c4ccccn4)c3)cc2)c(-c2ccc(-c3cc(-c4ccccn4)nc(-c4ccccn4)c3)cc2)cc1N. The lowest BCUT2D eigenvalue weighted by Gasteiger charge is -2.15. The van der Waals surface area contributed by atoms with Crippen LogP contribution >= 0.6 is 0 Å². The average molecular weight is 723 g/mol. The molecule has 0 fully saturated rings. The molecule has 0 saturated carbocycles. The predicted molar refractivity (Wildman–Crippen MR) is 226 cm³/mol. The van der Waals surface area contributed by atoms with Crippen molar-refractivity contribution in [1.29, 1.82) is 0 Å². The summed E-state index contributed by atoms with van der Waals surface area (Å²) in [6, 6.07) is 52.5. The molecule has 0 bridgehead atoms. The maximum Gasteiger partial charge on any atom is 0.0900 e. The normalized spacial score (nSPS) is 11.0. The number of pyridine rings is 6. The smallest absolute Gasteiger partial charge is 0.0900 e. The highest BCUT2D eigenvalue weighted by Gasteiger charge is 2.15. The minimum atomic E-state index is 0.527. The lowest BCUT2D eigenvalue weighted by Crippen LogP contribution is -1.97. The molecule has 0 radical (unpaired) electrons. The van der Waals surface area contributed by atoms with Crippen molar-refractivity contribution in [2.45, 2.75) is 0 Å². The van der Waals surface area contributed by atoms with Crippen molar-refractivity contribution in [3.63, 3.8) is 0 Å². The quantitative estimate of drug-likeness (QED) is 0.148. The molecule has 266 valence electrons. The molecule has 6 heterocycles. The third kappa shape index (κ3) is 6.98. The molecular weight excluding hydrogens is 689 g/mol. The number of hydrogen-bond donors (Lipinski definition) is 2. The summed E-state index contributed by atoms with van der Waals surface area (Å²) in [5.74, 6) is 0. The Balaban J connectivity index is 1.07. The Morgan fingerprint density at radius 3 is 0.821 bits per heavy atom. The maximum atomic E-state index is 6.43. The molecule has 3 aromatic carbocycles. The van der Waals surface area contributed by atoms with Crippen molar-refractivity contribution >= 4 is 11.4 Å². The molecule has 0 spiro atoms. The van der Waals surface area contributed by atoms with Gasteiger partial charge in [0.2, 0.25) is 0 Å². The fourth-order valence-electron chi connectivity index (χ4n) is 6.77. The Morgan fingerprint density at radius 2 is 0.554 bits per heavy atom. The number of benzene rings is 3. The number of anilines is 2. The molecule has 56 heavy (non-hydrogen) atoms. The standard InChI is InChI=1S/C48H34N8/c49-39-29-37(33-17-13-31(14-18-33)35-25-45(41-9-1-5-21-51-41)55-46(26-35)42-10-2-6-22-52-42)38(30-40(39)50)34-19-15-32(16-20-34)36-27-47(43-11-3-7-23-53-43)56-48(28-36)44-12-4-8-24-54-44/h1-30H,49-50H2. The first kappa shape index (κ1) is 34.0. The Morgan fingerprint density at radius 1 is 0.268 bits per heavy atom. The summed E-state index contributed by atoms with van der Waals surface area (Å²) in [4.78, 5) is 28.1. The molecule has 0 aliphatic carbocycles. The van der Waals surface area contributed by atoms with E-state index in [9.17, 15) is 0 Å². The molecule has 0 saturated heterocycles. The average Bonchev–Trinajstić information content (AvgIpc) is 3.28. The topological polar surface area (TPSA) is 129 Å². The number of nitrogens with two attached hydrogens (primary N) is 2. The third-order valence-electron chi connectivity index (χ3n) is 9.64. The van der Waals surface area contributed by atoms with E-state index in [1.54, 1.807) is 24.8 Å². The van der Waals surface area contributed by atoms with Crippen LogP contribution in [0.2, 0.25) is 0 Å². The van der Waals surface area contributed by atoms with Gasteiger partial charge in [-0.05, 0) is 129 Å². The Bertz CT molecular complexity index is 2470. The van der Waals surface area contributed by atoms with Crippen LogP contribution in [0.1, 0.15) is 0 Å². The van der Waals surface area contributed by atoms with Gasteiger partial charge in [0.1, 0.15) is 0 Å². The maximum absolute atomic E-state index is 6.43.